The van der Waals surface area contributed by atoms with E-state index >= 15 is 0 Å². The Bertz CT molecular complexity index is 501. The molecule has 3 N–H and O–H groups in total. The van der Waals surface area contributed by atoms with Gasteiger partial charge in [0.25, 0.3) is 0 Å². The van der Waals surface area contributed by atoms with Gasteiger partial charge in [-0.2, -0.15) is 0 Å². The van der Waals surface area contributed by atoms with E-state index in [4.69, 9.17) is 0 Å². The fourth-order valence-electron chi connectivity index (χ4n) is 2.33. The molecule has 122 valence electrons. The highest BCUT2D eigenvalue weighted by molar-refractivity contribution is 5.88. The van der Waals surface area contributed by atoms with E-state index in [1.54, 1.807) is 0 Å². The maximum atomic E-state index is 12.0. The highest BCUT2D eigenvalue weighted by Crippen LogP contribution is 2.15. The summed E-state index contributed by atoms with van der Waals surface area (Å²) in [5.41, 5.74) is 1.93. The summed E-state index contributed by atoms with van der Waals surface area (Å²) in [5, 5.41) is 8.91. The molecule has 1 heterocycles. The molecular weight excluding hydrogens is 302 g/mol. The molecule has 0 aliphatic carbocycles. The van der Waals surface area contributed by atoms with Crippen LogP contribution < -0.4 is 16.0 Å². The molecule has 1 atom stereocenters. The van der Waals surface area contributed by atoms with Gasteiger partial charge in [-0.15, -0.1) is 12.4 Å². The van der Waals surface area contributed by atoms with Crippen LogP contribution in [0.4, 0.5) is 5.69 Å². The monoisotopic (exact) mass is 325 g/mol. The second kappa shape index (κ2) is 8.76. The van der Waals surface area contributed by atoms with Gasteiger partial charge in [0, 0.05) is 25.1 Å². The standard InChI is InChI=1S/C16H23N3O2.ClH/c1-11(14-9-17-10-14)16(21)18-8-7-13-3-5-15(6-4-13)19-12(2)20;/h3-6,11,14,17H,7-10H2,1-2H3,(H,18,21)(H,19,20);1H. The van der Waals surface area contributed by atoms with Crippen LogP contribution in [-0.2, 0) is 16.0 Å². The molecule has 0 radical (unpaired) electrons. The first-order valence-electron chi connectivity index (χ1n) is 7.41. The number of rotatable bonds is 6. The Labute approximate surface area is 137 Å². The second-order valence-corrected chi connectivity index (χ2v) is 5.63. The van der Waals surface area contributed by atoms with Crippen LogP contribution in [0, 0.1) is 11.8 Å². The summed E-state index contributed by atoms with van der Waals surface area (Å²) in [7, 11) is 0. The van der Waals surface area contributed by atoms with E-state index in [1.165, 1.54) is 6.92 Å². The Kier molecular flexibility index (Phi) is 7.35. The molecule has 5 nitrogen and oxygen atoms in total. The van der Waals surface area contributed by atoms with Gasteiger partial charge in [0.1, 0.15) is 0 Å². The quantitative estimate of drug-likeness (QED) is 0.743. The number of hydrogen-bond acceptors (Lipinski definition) is 3. The maximum absolute atomic E-state index is 12.0. The van der Waals surface area contributed by atoms with Crippen molar-refractivity contribution in [2.45, 2.75) is 20.3 Å². The normalized spacial score (nSPS) is 15.2. The molecule has 1 aromatic rings. The van der Waals surface area contributed by atoms with Crippen molar-refractivity contribution in [3.05, 3.63) is 29.8 Å². The van der Waals surface area contributed by atoms with Crippen LogP contribution in [0.1, 0.15) is 19.4 Å². The average Bonchev–Trinajstić information content (AvgIpc) is 2.38. The van der Waals surface area contributed by atoms with E-state index < -0.39 is 0 Å². The molecule has 1 aliphatic rings. The SMILES string of the molecule is CC(=O)Nc1ccc(CCNC(=O)C(C)C2CNC2)cc1.Cl. The topological polar surface area (TPSA) is 70.2 Å². The third-order valence-electron chi connectivity index (χ3n) is 3.92. The van der Waals surface area contributed by atoms with Gasteiger partial charge in [-0.05, 0) is 43.1 Å². The summed E-state index contributed by atoms with van der Waals surface area (Å²) in [5.74, 6) is 0.612. The molecule has 1 fully saturated rings. The zero-order chi connectivity index (χ0) is 15.2. The summed E-state index contributed by atoms with van der Waals surface area (Å²) in [4.78, 5) is 22.9. The third-order valence-corrected chi connectivity index (χ3v) is 3.92. The van der Waals surface area contributed by atoms with E-state index in [2.05, 4.69) is 16.0 Å². The number of hydrogen-bond donors (Lipinski definition) is 3. The zero-order valence-corrected chi connectivity index (χ0v) is 13.8. The van der Waals surface area contributed by atoms with Gasteiger partial charge in [0.2, 0.25) is 11.8 Å². The van der Waals surface area contributed by atoms with Crippen molar-refractivity contribution >= 4 is 29.9 Å². The molecule has 0 bridgehead atoms. The molecule has 22 heavy (non-hydrogen) atoms. The number of carbonyl (C=O) groups is 2. The number of benzene rings is 1. The Balaban J connectivity index is 0.00000242. The molecule has 2 amide bonds. The molecule has 1 unspecified atom stereocenters. The van der Waals surface area contributed by atoms with Crippen LogP contribution in [0.25, 0.3) is 0 Å². The van der Waals surface area contributed by atoms with Crippen molar-refractivity contribution < 1.29 is 9.59 Å². The van der Waals surface area contributed by atoms with E-state index in [0.717, 1.165) is 30.8 Å². The highest BCUT2D eigenvalue weighted by Gasteiger charge is 2.28. The predicted molar refractivity (Wildman–Crippen MR) is 90.2 cm³/mol. The Morgan fingerprint density at radius 1 is 1.27 bits per heavy atom. The minimum atomic E-state index is -0.0746. The fraction of sp³-hybridized carbons (Fsp3) is 0.500. The highest BCUT2D eigenvalue weighted by atomic mass is 35.5. The number of amides is 2. The maximum Gasteiger partial charge on any atom is 0.223 e. The lowest BCUT2D eigenvalue weighted by Crippen LogP contribution is -2.49. The molecule has 1 aromatic carbocycles. The first-order valence-corrected chi connectivity index (χ1v) is 7.41. The molecule has 0 saturated carbocycles. The van der Waals surface area contributed by atoms with Crippen molar-refractivity contribution in [1.82, 2.24) is 10.6 Å². The lowest BCUT2D eigenvalue weighted by molar-refractivity contribution is -0.126. The van der Waals surface area contributed by atoms with Crippen LogP contribution in [0.3, 0.4) is 0 Å². The van der Waals surface area contributed by atoms with Gasteiger partial charge in [-0.3, -0.25) is 9.59 Å². The zero-order valence-electron chi connectivity index (χ0n) is 13.0. The van der Waals surface area contributed by atoms with Crippen molar-refractivity contribution in [3.8, 4) is 0 Å². The van der Waals surface area contributed by atoms with Gasteiger partial charge in [-0.25, -0.2) is 0 Å². The van der Waals surface area contributed by atoms with Crippen molar-refractivity contribution in [3.63, 3.8) is 0 Å². The molecule has 6 heteroatoms. The molecule has 1 saturated heterocycles. The van der Waals surface area contributed by atoms with Crippen LogP contribution in [0.2, 0.25) is 0 Å². The molecule has 1 aliphatic heterocycles. The first kappa shape index (κ1) is 18.5. The van der Waals surface area contributed by atoms with E-state index in [-0.39, 0.29) is 30.1 Å². The first-order chi connectivity index (χ1) is 10.1. The summed E-state index contributed by atoms with van der Waals surface area (Å²) in [6.45, 7) is 6.01. The smallest absolute Gasteiger partial charge is 0.223 e. The molecule has 0 aromatic heterocycles. The fourth-order valence-corrected chi connectivity index (χ4v) is 2.33. The van der Waals surface area contributed by atoms with Crippen LogP contribution in [0.15, 0.2) is 24.3 Å². The van der Waals surface area contributed by atoms with Gasteiger partial charge in [0.05, 0.1) is 0 Å². The average molecular weight is 326 g/mol. The summed E-state index contributed by atoms with van der Waals surface area (Å²) in [6, 6.07) is 7.69. The number of halogens is 1. The Morgan fingerprint density at radius 3 is 2.41 bits per heavy atom. The third kappa shape index (κ3) is 5.31. The van der Waals surface area contributed by atoms with E-state index in [1.807, 2.05) is 31.2 Å². The largest absolute Gasteiger partial charge is 0.356 e. The minimum Gasteiger partial charge on any atom is -0.356 e. The van der Waals surface area contributed by atoms with Gasteiger partial charge < -0.3 is 16.0 Å². The van der Waals surface area contributed by atoms with Crippen LogP contribution in [0.5, 0.6) is 0 Å². The van der Waals surface area contributed by atoms with Gasteiger partial charge in [0.15, 0.2) is 0 Å². The van der Waals surface area contributed by atoms with Crippen molar-refractivity contribution in [2.24, 2.45) is 11.8 Å². The van der Waals surface area contributed by atoms with E-state index in [9.17, 15) is 9.59 Å². The Hall–Kier alpha value is -1.59. The molecule has 0 spiro atoms. The molecular formula is C16H24ClN3O2. The van der Waals surface area contributed by atoms with Crippen LogP contribution >= 0.6 is 12.4 Å². The Morgan fingerprint density at radius 2 is 1.91 bits per heavy atom. The summed E-state index contributed by atoms with van der Waals surface area (Å²) < 4.78 is 0. The lowest BCUT2D eigenvalue weighted by atomic mass is 9.88. The van der Waals surface area contributed by atoms with E-state index in [0.29, 0.717) is 12.5 Å². The van der Waals surface area contributed by atoms with Gasteiger partial charge in [-0.1, -0.05) is 19.1 Å². The van der Waals surface area contributed by atoms with Crippen LogP contribution in [-0.4, -0.2) is 31.4 Å². The lowest BCUT2D eigenvalue weighted by Gasteiger charge is -2.31. The number of nitrogens with one attached hydrogen (secondary N) is 3. The van der Waals surface area contributed by atoms with Crippen molar-refractivity contribution in [1.29, 1.82) is 0 Å². The minimum absolute atomic E-state index is 0. The van der Waals surface area contributed by atoms with Gasteiger partial charge >= 0.3 is 0 Å². The summed E-state index contributed by atoms with van der Waals surface area (Å²) >= 11 is 0. The number of anilines is 1. The van der Waals surface area contributed by atoms with Crippen molar-refractivity contribution in [2.75, 3.05) is 25.0 Å². The predicted octanol–water partition coefficient (Wildman–Crippen LogP) is 1.58. The summed E-state index contributed by atoms with van der Waals surface area (Å²) in [6.07, 6.45) is 0.793. The second-order valence-electron chi connectivity index (χ2n) is 5.63. The number of carbonyl (C=O) groups excluding carboxylic acids is 2. The molecule has 2 rings (SSSR count).